The fourth-order valence-corrected chi connectivity index (χ4v) is 1.59. The molecule has 3 N–H and O–H groups in total. The first-order valence-electron chi connectivity index (χ1n) is 3.96. The molecule has 1 aliphatic rings. The first kappa shape index (κ1) is 10.4. The summed E-state index contributed by atoms with van der Waals surface area (Å²) >= 11 is 11.7. The SMILES string of the molecule is NC1=CN(c2ccc(Cl)cc2Cl)ON1O. The zero-order valence-electron chi connectivity index (χ0n) is 7.39. The van der Waals surface area contributed by atoms with Gasteiger partial charge in [0.2, 0.25) is 0 Å². The van der Waals surface area contributed by atoms with E-state index < -0.39 is 0 Å². The van der Waals surface area contributed by atoms with Gasteiger partial charge in [0.15, 0.2) is 5.82 Å². The molecule has 0 fully saturated rings. The van der Waals surface area contributed by atoms with Gasteiger partial charge in [-0.05, 0) is 18.2 Å². The van der Waals surface area contributed by atoms with Gasteiger partial charge in [0.05, 0.1) is 16.9 Å². The predicted molar refractivity (Wildman–Crippen MR) is 55.9 cm³/mol. The van der Waals surface area contributed by atoms with E-state index in [0.29, 0.717) is 21.0 Å². The van der Waals surface area contributed by atoms with E-state index in [2.05, 4.69) is 0 Å². The second-order valence-electron chi connectivity index (χ2n) is 2.83. The van der Waals surface area contributed by atoms with Crippen molar-refractivity contribution in [2.24, 2.45) is 5.73 Å². The van der Waals surface area contributed by atoms with E-state index >= 15 is 0 Å². The van der Waals surface area contributed by atoms with E-state index in [4.69, 9.17) is 39.1 Å². The Bertz CT molecular complexity index is 424. The third kappa shape index (κ3) is 1.95. The summed E-state index contributed by atoms with van der Waals surface area (Å²) in [6, 6.07) is 4.86. The summed E-state index contributed by atoms with van der Waals surface area (Å²) in [6.45, 7) is 0. The van der Waals surface area contributed by atoms with Crippen LogP contribution in [0.15, 0.2) is 30.2 Å². The van der Waals surface area contributed by atoms with Gasteiger partial charge in [-0.3, -0.25) is 5.21 Å². The number of anilines is 1. The number of hydrogen-bond donors (Lipinski definition) is 2. The number of hydrogen-bond acceptors (Lipinski definition) is 5. The van der Waals surface area contributed by atoms with E-state index in [9.17, 15) is 0 Å². The summed E-state index contributed by atoms with van der Waals surface area (Å²) in [4.78, 5) is 4.86. The molecule has 0 saturated heterocycles. The Balaban J connectivity index is 2.32. The lowest BCUT2D eigenvalue weighted by Crippen LogP contribution is -2.22. The normalized spacial score (nSPS) is 15.8. The highest BCUT2D eigenvalue weighted by atomic mass is 35.5. The lowest BCUT2D eigenvalue weighted by molar-refractivity contribution is -0.304. The molecule has 0 atom stereocenters. The summed E-state index contributed by atoms with van der Waals surface area (Å²) in [5.74, 6) is 0.0565. The van der Waals surface area contributed by atoms with Crippen molar-refractivity contribution in [2.45, 2.75) is 0 Å². The van der Waals surface area contributed by atoms with Crippen molar-refractivity contribution >= 4 is 28.9 Å². The van der Waals surface area contributed by atoms with E-state index in [1.165, 1.54) is 11.3 Å². The van der Waals surface area contributed by atoms with Crippen LogP contribution in [-0.2, 0) is 4.94 Å². The highest BCUT2D eigenvalue weighted by molar-refractivity contribution is 6.36. The highest BCUT2D eigenvalue weighted by Crippen LogP contribution is 2.31. The molecule has 0 spiro atoms. The minimum Gasteiger partial charge on any atom is -0.380 e. The van der Waals surface area contributed by atoms with E-state index in [1.54, 1.807) is 18.2 Å². The van der Waals surface area contributed by atoms with Gasteiger partial charge in [-0.1, -0.05) is 28.4 Å². The lowest BCUT2D eigenvalue weighted by atomic mass is 10.3. The van der Waals surface area contributed by atoms with Crippen molar-refractivity contribution in [1.82, 2.24) is 5.23 Å². The van der Waals surface area contributed by atoms with Gasteiger partial charge in [0.25, 0.3) is 0 Å². The van der Waals surface area contributed by atoms with Gasteiger partial charge in [0, 0.05) is 5.02 Å². The summed E-state index contributed by atoms with van der Waals surface area (Å²) in [5.41, 5.74) is 5.92. The molecule has 0 amide bonds. The Hall–Kier alpha value is -1.14. The quantitative estimate of drug-likeness (QED) is 0.796. The minimum absolute atomic E-state index is 0.0565. The minimum atomic E-state index is 0.0565. The van der Waals surface area contributed by atoms with Crippen molar-refractivity contribution in [3.05, 3.63) is 40.3 Å². The number of halogens is 2. The van der Waals surface area contributed by atoms with Crippen LogP contribution < -0.4 is 10.8 Å². The molecule has 1 aromatic rings. The molecular weight excluding hydrogens is 241 g/mol. The molecular formula is C8H7Cl2N3O2. The van der Waals surface area contributed by atoms with Crippen LogP contribution >= 0.6 is 23.2 Å². The van der Waals surface area contributed by atoms with E-state index in [1.807, 2.05) is 0 Å². The smallest absolute Gasteiger partial charge is 0.176 e. The summed E-state index contributed by atoms with van der Waals surface area (Å²) in [7, 11) is 0. The predicted octanol–water partition coefficient (Wildman–Crippen LogP) is 2.11. The van der Waals surface area contributed by atoms with E-state index in [-0.39, 0.29) is 5.82 Å². The molecule has 5 nitrogen and oxygen atoms in total. The van der Waals surface area contributed by atoms with Crippen LogP contribution in [0, 0.1) is 0 Å². The van der Waals surface area contributed by atoms with Crippen molar-refractivity contribution in [2.75, 3.05) is 5.06 Å². The Morgan fingerprint density at radius 2 is 2.07 bits per heavy atom. The van der Waals surface area contributed by atoms with Gasteiger partial charge >= 0.3 is 0 Å². The van der Waals surface area contributed by atoms with Crippen LogP contribution in [0.1, 0.15) is 0 Å². The third-order valence-corrected chi connectivity index (χ3v) is 2.32. The topological polar surface area (TPSA) is 62.0 Å². The van der Waals surface area contributed by atoms with Crippen molar-refractivity contribution in [1.29, 1.82) is 0 Å². The molecule has 1 heterocycles. The maximum absolute atomic E-state index is 9.08. The molecule has 15 heavy (non-hydrogen) atoms. The van der Waals surface area contributed by atoms with Gasteiger partial charge in [0.1, 0.15) is 0 Å². The van der Waals surface area contributed by atoms with Crippen LogP contribution in [0.25, 0.3) is 0 Å². The number of nitrogens with two attached hydrogens (primary N) is 1. The Morgan fingerprint density at radius 1 is 1.33 bits per heavy atom. The number of rotatable bonds is 1. The van der Waals surface area contributed by atoms with Crippen LogP contribution in [-0.4, -0.2) is 10.4 Å². The van der Waals surface area contributed by atoms with Gasteiger partial charge < -0.3 is 5.73 Å². The zero-order valence-corrected chi connectivity index (χ0v) is 8.90. The monoisotopic (exact) mass is 247 g/mol. The van der Waals surface area contributed by atoms with Crippen molar-refractivity contribution in [3.63, 3.8) is 0 Å². The fraction of sp³-hybridized carbons (Fsp3) is 0. The fourth-order valence-electron chi connectivity index (χ4n) is 1.10. The summed E-state index contributed by atoms with van der Waals surface area (Å²) in [6.07, 6.45) is 1.38. The molecule has 1 aliphatic heterocycles. The van der Waals surface area contributed by atoms with Crippen LogP contribution in [0.3, 0.4) is 0 Å². The van der Waals surface area contributed by atoms with Gasteiger partial charge in [-0.25, -0.2) is 0 Å². The molecule has 7 heteroatoms. The summed E-state index contributed by atoms with van der Waals surface area (Å²) in [5, 5.41) is 11.7. The Morgan fingerprint density at radius 3 is 2.60 bits per heavy atom. The van der Waals surface area contributed by atoms with Gasteiger partial charge in [-0.2, -0.15) is 5.06 Å². The van der Waals surface area contributed by atoms with Crippen molar-refractivity contribution < 1.29 is 10.1 Å². The standard InChI is InChI=1S/C8H7Cl2N3O2/c9-5-1-2-7(6(10)3-5)12-4-8(11)13(14)15-12/h1-4,14H,11H2. The second kappa shape index (κ2) is 3.79. The molecule has 0 aromatic heterocycles. The largest absolute Gasteiger partial charge is 0.380 e. The number of nitrogens with zero attached hydrogens (tertiary/aromatic N) is 2. The lowest BCUT2D eigenvalue weighted by Gasteiger charge is -2.16. The third-order valence-electron chi connectivity index (χ3n) is 1.78. The Labute approximate surface area is 95.7 Å². The summed E-state index contributed by atoms with van der Waals surface area (Å²) < 4.78 is 0. The number of hydroxylamine groups is 3. The average molecular weight is 248 g/mol. The molecule has 0 bridgehead atoms. The molecule has 80 valence electrons. The molecule has 0 radical (unpaired) electrons. The zero-order chi connectivity index (χ0) is 11.0. The first-order chi connectivity index (χ1) is 7.08. The van der Waals surface area contributed by atoms with E-state index in [0.717, 1.165) is 0 Å². The Kier molecular flexibility index (Phi) is 2.62. The molecule has 0 unspecified atom stereocenters. The molecule has 1 aromatic carbocycles. The maximum Gasteiger partial charge on any atom is 0.176 e. The number of benzene rings is 1. The van der Waals surface area contributed by atoms with Crippen LogP contribution in [0.2, 0.25) is 10.0 Å². The average Bonchev–Trinajstić information content (AvgIpc) is 2.46. The van der Waals surface area contributed by atoms with Crippen molar-refractivity contribution in [3.8, 4) is 0 Å². The van der Waals surface area contributed by atoms with Crippen LogP contribution in [0.5, 0.6) is 0 Å². The van der Waals surface area contributed by atoms with Gasteiger partial charge in [-0.15, -0.1) is 4.94 Å². The second-order valence-corrected chi connectivity index (χ2v) is 3.67. The highest BCUT2D eigenvalue weighted by Gasteiger charge is 2.21. The van der Waals surface area contributed by atoms with Crippen LogP contribution in [0.4, 0.5) is 5.69 Å². The maximum atomic E-state index is 9.08. The molecule has 2 rings (SSSR count). The molecule has 0 saturated carbocycles. The molecule has 0 aliphatic carbocycles. The first-order valence-corrected chi connectivity index (χ1v) is 4.72.